The summed E-state index contributed by atoms with van der Waals surface area (Å²) < 4.78 is 15.7. The lowest BCUT2D eigenvalue weighted by Crippen LogP contribution is -2.43. The topological polar surface area (TPSA) is 137 Å². The molecule has 10 nitrogen and oxygen atoms in total. The maximum atomic E-state index is 12.6. The van der Waals surface area contributed by atoms with Crippen LogP contribution in [0, 0.1) is 10.1 Å². The number of nitro benzene ring substituents is 1. The minimum Gasteiger partial charge on any atom is -0.493 e. The van der Waals surface area contributed by atoms with Gasteiger partial charge in [-0.1, -0.05) is 48.5 Å². The van der Waals surface area contributed by atoms with E-state index in [-0.39, 0.29) is 41.7 Å². The highest BCUT2D eigenvalue weighted by atomic mass is 16.6. The van der Waals surface area contributed by atoms with Gasteiger partial charge in [0, 0.05) is 17.9 Å². The zero-order valence-corrected chi connectivity index (χ0v) is 19.6. The standard InChI is InChI=1S/C26H24N2O8/c1-34-23-12-15(22(28(32)33)13-24(23)35-2)11-21(25(29)30)27-26(31)36-14-20-18-9-5-3-7-16(18)17-8-4-6-10-19(17)20/h3-10,12-13,20-21H,11,14H2,1-2H3,(H,27,31)(H,29,30). The number of nitrogens with one attached hydrogen (secondary N) is 1. The van der Waals surface area contributed by atoms with Gasteiger partial charge >= 0.3 is 12.1 Å². The first kappa shape index (κ1) is 24.5. The zero-order chi connectivity index (χ0) is 25.8. The van der Waals surface area contributed by atoms with Crippen molar-refractivity contribution in [3.8, 4) is 22.6 Å². The smallest absolute Gasteiger partial charge is 0.407 e. The third-order valence-corrected chi connectivity index (χ3v) is 6.14. The summed E-state index contributed by atoms with van der Waals surface area (Å²) in [6, 6.07) is 16.7. The van der Waals surface area contributed by atoms with Gasteiger partial charge in [-0.3, -0.25) is 10.1 Å². The second-order valence-corrected chi connectivity index (χ2v) is 8.16. The quantitative estimate of drug-likeness (QED) is 0.336. The van der Waals surface area contributed by atoms with Gasteiger partial charge in [-0.2, -0.15) is 0 Å². The van der Waals surface area contributed by atoms with Crippen LogP contribution in [-0.4, -0.2) is 49.0 Å². The number of methoxy groups -OCH3 is 2. The summed E-state index contributed by atoms with van der Waals surface area (Å²) in [4.78, 5) is 35.4. The highest BCUT2D eigenvalue weighted by Crippen LogP contribution is 2.44. The minimum atomic E-state index is -1.47. The van der Waals surface area contributed by atoms with Gasteiger partial charge in [-0.05, 0) is 28.3 Å². The predicted molar refractivity (Wildman–Crippen MR) is 130 cm³/mol. The monoisotopic (exact) mass is 492 g/mol. The Labute approximate surface area is 206 Å². The molecule has 3 aromatic rings. The van der Waals surface area contributed by atoms with Crippen molar-refractivity contribution in [1.82, 2.24) is 5.32 Å². The number of carbonyl (C=O) groups is 2. The molecule has 36 heavy (non-hydrogen) atoms. The Morgan fingerprint density at radius 1 is 1.00 bits per heavy atom. The van der Waals surface area contributed by atoms with E-state index in [9.17, 15) is 24.8 Å². The summed E-state index contributed by atoms with van der Waals surface area (Å²) in [7, 11) is 2.69. The lowest BCUT2D eigenvalue weighted by molar-refractivity contribution is -0.385. The maximum absolute atomic E-state index is 12.6. The molecule has 4 rings (SSSR count). The van der Waals surface area contributed by atoms with E-state index >= 15 is 0 Å². The number of carbonyl (C=O) groups excluding carboxylic acids is 1. The van der Waals surface area contributed by atoms with Gasteiger partial charge in [0.2, 0.25) is 0 Å². The summed E-state index contributed by atoms with van der Waals surface area (Å²) in [6.07, 6.45) is -1.30. The van der Waals surface area contributed by atoms with Crippen molar-refractivity contribution in [3.63, 3.8) is 0 Å². The molecule has 186 valence electrons. The molecule has 0 radical (unpaired) electrons. The second-order valence-electron chi connectivity index (χ2n) is 8.16. The number of rotatable bonds is 9. The number of nitrogens with zero attached hydrogens (tertiary/aromatic N) is 1. The summed E-state index contributed by atoms with van der Waals surface area (Å²) >= 11 is 0. The molecule has 1 amide bonds. The van der Waals surface area contributed by atoms with Gasteiger partial charge in [0.05, 0.1) is 25.2 Å². The van der Waals surface area contributed by atoms with Crippen molar-refractivity contribution in [2.45, 2.75) is 18.4 Å². The Bertz CT molecular complexity index is 1280. The van der Waals surface area contributed by atoms with Crippen LogP contribution < -0.4 is 14.8 Å². The predicted octanol–water partition coefficient (Wildman–Crippen LogP) is 4.15. The van der Waals surface area contributed by atoms with E-state index in [2.05, 4.69) is 5.32 Å². The third kappa shape index (κ3) is 4.78. The van der Waals surface area contributed by atoms with Crippen molar-refractivity contribution in [2.24, 2.45) is 0 Å². The molecule has 2 N–H and O–H groups in total. The first-order chi connectivity index (χ1) is 17.3. The first-order valence-corrected chi connectivity index (χ1v) is 11.1. The van der Waals surface area contributed by atoms with Gasteiger partial charge in [0.25, 0.3) is 5.69 Å². The van der Waals surface area contributed by atoms with Crippen LogP contribution in [0.2, 0.25) is 0 Å². The minimum absolute atomic E-state index is 0.00268. The van der Waals surface area contributed by atoms with Crippen molar-refractivity contribution in [2.75, 3.05) is 20.8 Å². The van der Waals surface area contributed by atoms with Crippen molar-refractivity contribution in [1.29, 1.82) is 0 Å². The van der Waals surface area contributed by atoms with Gasteiger partial charge in [-0.15, -0.1) is 0 Å². The highest BCUT2D eigenvalue weighted by Gasteiger charge is 2.31. The lowest BCUT2D eigenvalue weighted by Gasteiger charge is -2.18. The molecule has 0 saturated carbocycles. The summed E-state index contributed by atoms with van der Waals surface area (Å²) in [5.41, 5.74) is 3.86. The van der Waals surface area contributed by atoms with E-state index in [0.29, 0.717) is 0 Å². The Hall–Kier alpha value is -4.60. The molecule has 1 atom stereocenters. The molecule has 0 saturated heterocycles. The van der Waals surface area contributed by atoms with Crippen molar-refractivity contribution < 1.29 is 33.8 Å². The number of ether oxygens (including phenoxy) is 3. The van der Waals surface area contributed by atoms with E-state index in [1.54, 1.807) is 0 Å². The number of aliphatic carboxylic acids is 1. The van der Waals surface area contributed by atoms with Crippen molar-refractivity contribution in [3.05, 3.63) is 87.5 Å². The number of carboxylic acids is 1. The molecule has 1 aliphatic rings. The van der Waals surface area contributed by atoms with E-state index in [0.717, 1.165) is 28.3 Å². The van der Waals surface area contributed by atoms with E-state index in [1.165, 1.54) is 20.3 Å². The molecule has 0 aromatic heterocycles. The van der Waals surface area contributed by atoms with Crippen LogP contribution >= 0.6 is 0 Å². The molecular weight excluding hydrogens is 468 g/mol. The summed E-state index contributed by atoms with van der Waals surface area (Å²) in [5, 5.41) is 23.6. The number of nitro groups is 1. The Morgan fingerprint density at radius 2 is 1.56 bits per heavy atom. The number of alkyl carbamates (subject to hydrolysis) is 1. The summed E-state index contributed by atoms with van der Waals surface area (Å²) in [5.74, 6) is -1.24. The van der Waals surface area contributed by atoms with Crippen LogP contribution in [0.15, 0.2) is 60.7 Å². The first-order valence-electron chi connectivity index (χ1n) is 11.1. The molecule has 0 fully saturated rings. The fourth-order valence-electron chi connectivity index (χ4n) is 4.45. The molecule has 1 aliphatic carbocycles. The average molecular weight is 492 g/mol. The highest BCUT2D eigenvalue weighted by molar-refractivity contribution is 5.81. The van der Waals surface area contributed by atoms with Gasteiger partial charge < -0.3 is 24.6 Å². The fraction of sp³-hybridized carbons (Fsp3) is 0.231. The number of hydrogen-bond acceptors (Lipinski definition) is 7. The molecule has 0 bridgehead atoms. The van der Waals surface area contributed by atoms with Gasteiger partial charge in [-0.25, -0.2) is 9.59 Å². The van der Waals surface area contributed by atoms with Crippen LogP contribution in [0.4, 0.5) is 10.5 Å². The third-order valence-electron chi connectivity index (χ3n) is 6.14. The largest absolute Gasteiger partial charge is 0.493 e. The normalized spacial score (nSPS) is 12.7. The van der Waals surface area contributed by atoms with Crippen LogP contribution in [0.1, 0.15) is 22.6 Å². The lowest BCUT2D eigenvalue weighted by atomic mass is 9.98. The fourth-order valence-corrected chi connectivity index (χ4v) is 4.45. The van der Waals surface area contributed by atoms with Crippen LogP contribution in [0.3, 0.4) is 0 Å². The molecule has 1 unspecified atom stereocenters. The number of benzene rings is 3. The Balaban J connectivity index is 1.49. The molecular formula is C26H24N2O8. The van der Waals surface area contributed by atoms with Crippen LogP contribution in [0.5, 0.6) is 11.5 Å². The number of hydrogen-bond donors (Lipinski definition) is 2. The molecule has 3 aromatic carbocycles. The van der Waals surface area contributed by atoms with E-state index < -0.39 is 23.0 Å². The molecule has 0 spiro atoms. The number of amides is 1. The Morgan fingerprint density at radius 3 is 2.08 bits per heavy atom. The SMILES string of the molecule is COc1cc(CC(NC(=O)OCC2c3ccccc3-c3ccccc32)C(=O)O)c([N+](=O)[O-])cc1OC. The number of fused-ring (bicyclic) bond motifs is 3. The maximum Gasteiger partial charge on any atom is 0.407 e. The molecule has 0 heterocycles. The van der Waals surface area contributed by atoms with Crippen LogP contribution in [-0.2, 0) is 16.0 Å². The van der Waals surface area contributed by atoms with Gasteiger partial charge in [0.1, 0.15) is 12.6 Å². The Kier molecular flexibility index (Phi) is 7.05. The number of carboxylic acid groups (broad SMARTS) is 1. The van der Waals surface area contributed by atoms with E-state index in [1.807, 2.05) is 48.5 Å². The van der Waals surface area contributed by atoms with E-state index in [4.69, 9.17) is 14.2 Å². The average Bonchev–Trinajstić information content (AvgIpc) is 3.20. The van der Waals surface area contributed by atoms with Crippen LogP contribution in [0.25, 0.3) is 11.1 Å². The summed E-state index contributed by atoms with van der Waals surface area (Å²) in [6.45, 7) is 0.00268. The molecule has 10 heteroatoms. The van der Waals surface area contributed by atoms with Crippen molar-refractivity contribution >= 4 is 17.7 Å². The van der Waals surface area contributed by atoms with Gasteiger partial charge in [0.15, 0.2) is 11.5 Å². The second kappa shape index (κ2) is 10.3. The molecule has 0 aliphatic heterocycles. The zero-order valence-electron chi connectivity index (χ0n) is 19.6.